The van der Waals surface area contributed by atoms with Gasteiger partial charge in [0, 0.05) is 6.61 Å². The summed E-state index contributed by atoms with van der Waals surface area (Å²) in [5.41, 5.74) is 1.83. The van der Waals surface area contributed by atoms with Crippen molar-refractivity contribution in [3.8, 4) is 0 Å². The van der Waals surface area contributed by atoms with Crippen LogP contribution in [0.4, 0.5) is 0 Å². The molecule has 5 saturated carbocycles. The fourth-order valence-electron chi connectivity index (χ4n) is 11.6. The molecule has 0 radical (unpaired) electrons. The molecule has 0 aromatic rings. The zero-order chi connectivity index (χ0) is 26.2. The molecule has 0 bridgehead atoms. The van der Waals surface area contributed by atoms with E-state index >= 15 is 0 Å². The van der Waals surface area contributed by atoms with Crippen molar-refractivity contribution in [3.05, 3.63) is 12.7 Å². The number of hydrogen-bond acceptors (Lipinski definition) is 1. The molecule has 0 aromatic heterocycles. The quantitative estimate of drug-likeness (QED) is 0.385. The van der Waals surface area contributed by atoms with Crippen LogP contribution in [-0.2, 0) is 0 Å². The minimum atomic E-state index is 0.265. The Hall–Kier alpha value is -0.300. The van der Waals surface area contributed by atoms with E-state index in [4.69, 9.17) is 0 Å². The highest BCUT2D eigenvalue weighted by molar-refractivity contribution is 5.17. The molecule has 10 unspecified atom stereocenters. The SMILES string of the molecule is C=CC.CC.CCC1CCC2(C)C(CCC3(C)C2CCC2C4CC(C)CC4(CO)CC[C@]23C)C1C. The molecule has 35 heavy (non-hydrogen) atoms. The first kappa shape index (κ1) is 29.3. The molecule has 1 N–H and O–H groups in total. The first-order valence-electron chi connectivity index (χ1n) is 15.7. The number of fused-ring (bicyclic) bond motifs is 7. The molecule has 5 fully saturated rings. The van der Waals surface area contributed by atoms with E-state index in [1.54, 1.807) is 6.08 Å². The van der Waals surface area contributed by atoms with Gasteiger partial charge in [0.2, 0.25) is 0 Å². The second-order valence-electron chi connectivity index (χ2n) is 14.4. The molecule has 1 heteroatoms. The van der Waals surface area contributed by atoms with Gasteiger partial charge in [-0.3, -0.25) is 0 Å². The molecule has 5 aliphatic rings. The van der Waals surface area contributed by atoms with Crippen LogP contribution < -0.4 is 0 Å². The molecular formula is C34H62O. The summed E-state index contributed by atoms with van der Waals surface area (Å²) in [4.78, 5) is 0. The fourth-order valence-corrected chi connectivity index (χ4v) is 11.6. The lowest BCUT2D eigenvalue weighted by atomic mass is 9.33. The maximum atomic E-state index is 10.5. The van der Waals surface area contributed by atoms with Crippen LogP contribution in [-0.4, -0.2) is 11.7 Å². The molecule has 5 aliphatic carbocycles. The second kappa shape index (κ2) is 10.8. The van der Waals surface area contributed by atoms with Gasteiger partial charge >= 0.3 is 0 Å². The van der Waals surface area contributed by atoms with Crippen LogP contribution >= 0.6 is 0 Å². The third-order valence-corrected chi connectivity index (χ3v) is 13.4. The average Bonchev–Trinajstić information content (AvgIpc) is 3.18. The van der Waals surface area contributed by atoms with E-state index in [1.165, 1.54) is 70.6 Å². The molecule has 0 heterocycles. The van der Waals surface area contributed by atoms with Crippen LogP contribution in [0.2, 0.25) is 0 Å². The summed E-state index contributed by atoms with van der Waals surface area (Å²) in [5, 5.41) is 10.5. The standard InChI is InChI=1S/C29H50O.C3H6.C2H6/c1-7-21-10-12-26(4)22(20(21)3)11-13-28(6)25(26)9-8-23-24-16-19(2)17-29(24,18-30)15-14-27(23,28)5;1-3-2;1-2/h19-25,30H,7-18H2,1-6H3;3H,1H2,2H3;1-2H3/t19?,20?,21?,22?,23?,24?,25?,26?,27-,28?,29?;;/m1../s1. The highest BCUT2D eigenvalue weighted by atomic mass is 16.3. The minimum absolute atomic E-state index is 0.265. The molecule has 5 rings (SSSR count). The monoisotopic (exact) mass is 486 g/mol. The van der Waals surface area contributed by atoms with E-state index in [1.807, 2.05) is 20.8 Å². The predicted octanol–water partition coefficient (Wildman–Crippen LogP) is 9.93. The van der Waals surface area contributed by atoms with Gasteiger partial charge in [-0.25, -0.2) is 0 Å². The van der Waals surface area contributed by atoms with Crippen molar-refractivity contribution in [2.24, 2.45) is 63.1 Å². The van der Waals surface area contributed by atoms with Crippen molar-refractivity contribution < 1.29 is 5.11 Å². The highest BCUT2D eigenvalue weighted by Crippen LogP contribution is 2.76. The zero-order valence-electron chi connectivity index (χ0n) is 25.3. The van der Waals surface area contributed by atoms with Crippen molar-refractivity contribution in [1.82, 2.24) is 0 Å². The van der Waals surface area contributed by atoms with Crippen molar-refractivity contribution in [2.75, 3.05) is 6.61 Å². The Morgan fingerprint density at radius 3 is 2.11 bits per heavy atom. The lowest BCUT2D eigenvalue weighted by molar-refractivity contribution is -0.232. The molecule has 204 valence electrons. The van der Waals surface area contributed by atoms with Crippen LogP contribution in [0.1, 0.15) is 133 Å². The van der Waals surface area contributed by atoms with Crippen LogP contribution in [0.3, 0.4) is 0 Å². The third kappa shape index (κ3) is 4.30. The Labute approximate surface area is 220 Å². The average molecular weight is 487 g/mol. The van der Waals surface area contributed by atoms with Crippen molar-refractivity contribution in [1.29, 1.82) is 0 Å². The summed E-state index contributed by atoms with van der Waals surface area (Å²) in [5.74, 6) is 6.23. The number of hydrogen-bond donors (Lipinski definition) is 1. The second-order valence-corrected chi connectivity index (χ2v) is 14.4. The van der Waals surface area contributed by atoms with E-state index in [9.17, 15) is 5.11 Å². The Balaban J connectivity index is 0.000000638. The van der Waals surface area contributed by atoms with Crippen molar-refractivity contribution >= 4 is 0 Å². The Morgan fingerprint density at radius 2 is 1.51 bits per heavy atom. The number of allylic oxidation sites excluding steroid dienone is 1. The van der Waals surface area contributed by atoms with Gasteiger partial charge in [-0.1, -0.05) is 67.9 Å². The van der Waals surface area contributed by atoms with E-state index in [0.717, 1.165) is 41.4 Å². The third-order valence-electron chi connectivity index (χ3n) is 13.4. The van der Waals surface area contributed by atoms with Gasteiger partial charge in [0.25, 0.3) is 0 Å². The van der Waals surface area contributed by atoms with Gasteiger partial charge in [0.1, 0.15) is 0 Å². The molecule has 0 saturated heterocycles. The maximum Gasteiger partial charge on any atom is 0.0490 e. The van der Waals surface area contributed by atoms with E-state index in [2.05, 4.69) is 48.1 Å². The summed E-state index contributed by atoms with van der Waals surface area (Å²) in [6.45, 7) is 25.4. The lowest BCUT2D eigenvalue weighted by Gasteiger charge is -2.72. The summed E-state index contributed by atoms with van der Waals surface area (Å²) >= 11 is 0. The topological polar surface area (TPSA) is 20.2 Å². The predicted molar refractivity (Wildman–Crippen MR) is 153 cm³/mol. The summed E-state index contributed by atoms with van der Waals surface area (Å²) in [7, 11) is 0. The van der Waals surface area contributed by atoms with Gasteiger partial charge in [0.05, 0.1) is 0 Å². The van der Waals surface area contributed by atoms with Gasteiger partial charge in [0.15, 0.2) is 0 Å². The van der Waals surface area contributed by atoms with Crippen LogP contribution in [0, 0.1) is 63.1 Å². The fraction of sp³-hybridized carbons (Fsp3) is 0.941. The number of rotatable bonds is 2. The van der Waals surface area contributed by atoms with E-state index < -0.39 is 0 Å². The Bertz CT molecular complexity index is 713. The molecule has 0 aliphatic heterocycles. The van der Waals surface area contributed by atoms with Gasteiger partial charge in [-0.05, 0) is 134 Å². The van der Waals surface area contributed by atoms with E-state index in [0.29, 0.717) is 22.9 Å². The minimum Gasteiger partial charge on any atom is -0.396 e. The van der Waals surface area contributed by atoms with Crippen molar-refractivity contribution in [2.45, 2.75) is 133 Å². The molecule has 0 spiro atoms. The number of aliphatic hydroxyl groups excluding tert-OH is 1. The highest BCUT2D eigenvalue weighted by Gasteiger charge is 2.69. The maximum absolute atomic E-state index is 10.5. The molecule has 0 amide bonds. The van der Waals surface area contributed by atoms with Crippen molar-refractivity contribution in [3.63, 3.8) is 0 Å². The van der Waals surface area contributed by atoms with Crippen LogP contribution in [0.5, 0.6) is 0 Å². The summed E-state index contributed by atoms with van der Waals surface area (Å²) < 4.78 is 0. The normalized spacial score (nSPS) is 52.2. The first-order valence-corrected chi connectivity index (χ1v) is 15.7. The molecule has 1 nitrogen and oxygen atoms in total. The summed E-state index contributed by atoms with van der Waals surface area (Å²) in [6.07, 6.45) is 17.3. The van der Waals surface area contributed by atoms with Crippen LogP contribution in [0.25, 0.3) is 0 Å². The van der Waals surface area contributed by atoms with Gasteiger partial charge in [-0.15, -0.1) is 6.58 Å². The molecule has 11 atom stereocenters. The Morgan fingerprint density at radius 1 is 0.857 bits per heavy atom. The lowest BCUT2D eigenvalue weighted by Crippen LogP contribution is -2.65. The van der Waals surface area contributed by atoms with E-state index in [-0.39, 0.29) is 5.41 Å². The molecule has 0 aromatic carbocycles. The van der Waals surface area contributed by atoms with Gasteiger partial charge < -0.3 is 5.11 Å². The Kier molecular flexibility index (Phi) is 9.05. The summed E-state index contributed by atoms with van der Waals surface area (Å²) in [6, 6.07) is 0. The molecular weight excluding hydrogens is 424 g/mol. The number of aliphatic hydroxyl groups is 1. The van der Waals surface area contributed by atoms with Crippen LogP contribution in [0.15, 0.2) is 12.7 Å². The smallest absolute Gasteiger partial charge is 0.0490 e. The van der Waals surface area contributed by atoms with Gasteiger partial charge in [-0.2, -0.15) is 0 Å². The first-order chi connectivity index (χ1) is 16.6. The zero-order valence-corrected chi connectivity index (χ0v) is 25.3. The largest absolute Gasteiger partial charge is 0.396 e.